The lowest BCUT2D eigenvalue weighted by atomic mass is 10.0. The molecular weight excluding hydrogens is 260 g/mol. The van der Waals surface area contributed by atoms with Crippen molar-refractivity contribution in [3.05, 3.63) is 22.9 Å². The van der Waals surface area contributed by atoms with E-state index in [0.29, 0.717) is 6.04 Å². The molecule has 0 aromatic carbocycles. The van der Waals surface area contributed by atoms with Crippen molar-refractivity contribution in [2.75, 3.05) is 31.6 Å². The summed E-state index contributed by atoms with van der Waals surface area (Å²) in [7, 11) is 2.02. The lowest BCUT2D eigenvalue weighted by Crippen LogP contribution is -2.55. The number of nitrogens with zero attached hydrogens (tertiary/aromatic N) is 3. The summed E-state index contributed by atoms with van der Waals surface area (Å²) in [6, 6.07) is 3.47. The highest BCUT2D eigenvalue weighted by Crippen LogP contribution is 2.31. The first-order valence-corrected chi connectivity index (χ1v) is 8.22. The second-order valence-corrected chi connectivity index (χ2v) is 6.71. The highest BCUT2D eigenvalue weighted by Gasteiger charge is 2.35. The minimum atomic E-state index is 0.545. The van der Waals surface area contributed by atoms with Crippen LogP contribution in [0.25, 0.3) is 0 Å². The van der Waals surface area contributed by atoms with Gasteiger partial charge in [-0.3, -0.25) is 4.90 Å². The Morgan fingerprint density at radius 2 is 2.14 bits per heavy atom. The maximum Gasteiger partial charge on any atom is 0.133 e. The molecule has 2 aliphatic rings. The van der Waals surface area contributed by atoms with E-state index in [1.54, 1.807) is 0 Å². The van der Waals surface area contributed by atoms with E-state index in [0.717, 1.165) is 24.8 Å². The molecular formula is C17H28N4. The minimum absolute atomic E-state index is 0.545. The van der Waals surface area contributed by atoms with Gasteiger partial charge < -0.3 is 10.2 Å². The van der Waals surface area contributed by atoms with Gasteiger partial charge in [0.2, 0.25) is 0 Å². The number of rotatable bonds is 3. The van der Waals surface area contributed by atoms with Crippen LogP contribution in [0.1, 0.15) is 36.6 Å². The van der Waals surface area contributed by atoms with E-state index >= 15 is 0 Å². The third-order valence-corrected chi connectivity index (χ3v) is 5.02. The summed E-state index contributed by atoms with van der Waals surface area (Å²) in [6.07, 6.45) is 2.70. The Morgan fingerprint density at radius 3 is 2.90 bits per heavy atom. The molecule has 0 aliphatic carbocycles. The molecule has 1 aromatic rings. The molecule has 1 aromatic heterocycles. The average Bonchev–Trinajstić information content (AvgIpc) is 2.87. The first kappa shape index (κ1) is 14.8. The van der Waals surface area contributed by atoms with E-state index in [2.05, 4.69) is 42.0 Å². The molecule has 21 heavy (non-hydrogen) atoms. The van der Waals surface area contributed by atoms with Gasteiger partial charge in [0, 0.05) is 43.0 Å². The van der Waals surface area contributed by atoms with Gasteiger partial charge in [-0.15, -0.1) is 0 Å². The molecule has 0 spiro atoms. The second kappa shape index (κ2) is 5.93. The van der Waals surface area contributed by atoms with Crippen LogP contribution in [0, 0.1) is 13.8 Å². The molecule has 3 heterocycles. The first-order valence-electron chi connectivity index (χ1n) is 8.22. The van der Waals surface area contributed by atoms with Crippen molar-refractivity contribution in [2.24, 2.45) is 0 Å². The van der Waals surface area contributed by atoms with Crippen LogP contribution in [0.4, 0.5) is 5.82 Å². The average molecular weight is 288 g/mol. The van der Waals surface area contributed by atoms with Crippen molar-refractivity contribution in [1.29, 1.82) is 0 Å². The predicted octanol–water partition coefficient (Wildman–Crippen LogP) is 2.09. The predicted molar refractivity (Wildman–Crippen MR) is 87.9 cm³/mol. The van der Waals surface area contributed by atoms with Crippen LogP contribution in [-0.4, -0.2) is 48.6 Å². The van der Waals surface area contributed by atoms with Crippen LogP contribution >= 0.6 is 0 Å². The number of piperazine rings is 1. The zero-order valence-electron chi connectivity index (χ0n) is 13.8. The van der Waals surface area contributed by atoms with Gasteiger partial charge in [-0.2, -0.15) is 0 Å². The normalized spacial score (nSPS) is 26.2. The number of anilines is 1. The van der Waals surface area contributed by atoms with Gasteiger partial charge in [0.05, 0.1) is 0 Å². The van der Waals surface area contributed by atoms with Gasteiger partial charge in [-0.1, -0.05) is 0 Å². The molecule has 4 nitrogen and oxygen atoms in total. The summed E-state index contributed by atoms with van der Waals surface area (Å²) in [5, 5.41) is 3.31. The van der Waals surface area contributed by atoms with Gasteiger partial charge >= 0.3 is 0 Å². The van der Waals surface area contributed by atoms with Crippen molar-refractivity contribution in [3.8, 4) is 0 Å². The number of fused-ring (bicyclic) bond motifs is 1. The SMILES string of the molecule is CNCc1c(C)cc(C)nc1N1CC2CCCN2CC1C. The molecule has 0 bridgehead atoms. The number of nitrogens with one attached hydrogen (secondary N) is 1. The van der Waals surface area contributed by atoms with Crippen molar-refractivity contribution in [1.82, 2.24) is 15.2 Å². The molecule has 2 aliphatic heterocycles. The fourth-order valence-corrected chi connectivity index (χ4v) is 3.96. The van der Waals surface area contributed by atoms with Crippen LogP contribution in [0.3, 0.4) is 0 Å². The number of pyridine rings is 1. The van der Waals surface area contributed by atoms with E-state index in [-0.39, 0.29) is 0 Å². The fraction of sp³-hybridized carbons (Fsp3) is 0.706. The minimum Gasteiger partial charge on any atom is -0.351 e. The van der Waals surface area contributed by atoms with Gasteiger partial charge in [0.25, 0.3) is 0 Å². The molecule has 2 unspecified atom stereocenters. The van der Waals surface area contributed by atoms with Gasteiger partial charge in [-0.05, 0) is 58.8 Å². The molecule has 0 saturated carbocycles. The molecule has 0 radical (unpaired) electrons. The molecule has 0 amide bonds. The fourth-order valence-electron chi connectivity index (χ4n) is 3.96. The maximum atomic E-state index is 4.91. The Hall–Kier alpha value is -1.13. The molecule has 2 saturated heterocycles. The third kappa shape index (κ3) is 2.79. The summed E-state index contributed by atoms with van der Waals surface area (Å²) in [4.78, 5) is 10.1. The van der Waals surface area contributed by atoms with E-state index in [4.69, 9.17) is 4.98 Å². The Kier molecular flexibility index (Phi) is 4.18. The van der Waals surface area contributed by atoms with Crippen molar-refractivity contribution < 1.29 is 0 Å². The van der Waals surface area contributed by atoms with Crippen LogP contribution in [0.2, 0.25) is 0 Å². The third-order valence-electron chi connectivity index (χ3n) is 5.02. The quantitative estimate of drug-likeness (QED) is 0.923. The molecule has 4 heteroatoms. The van der Waals surface area contributed by atoms with Gasteiger partial charge in [0.15, 0.2) is 0 Å². The maximum absolute atomic E-state index is 4.91. The molecule has 1 N–H and O–H groups in total. The largest absolute Gasteiger partial charge is 0.351 e. The first-order chi connectivity index (χ1) is 10.1. The highest BCUT2D eigenvalue weighted by molar-refractivity contribution is 5.53. The number of hydrogen-bond acceptors (Lipinski definition) is 4. The number of hydrogen-bond donors (Lipinski definition) is 1. The summed E-state index contributed by atoms with van der Waals surface area (Å²) >= 11 is 0. The summed E-state index contributed by atoms with van der Waals surface area (Å²) in [5.74, 6) is 1.21. The van der Waals surface area contributed by atoms with Crippen molar-refractivity contribution in [2.45, 2.75) is 52.2 Å². The Labute approximate surface area is 128 Å². The Bertz CT molecular complexity index is 514. The van der Waals surface area contributed by atoms with E-state index in [1.807, 2.05) is 7.05 Å². The highest BCUT2D eigenvalue weighted by atomic mass is 15.3. The molecule has 3 rings (SSSR count). The summed E-state index contributed by atoms with van der Waals surface area (Å²) in [5.41, 5.74) is 3.85. The van der Waals surface area contributed by atoms with E-state index < -0.39 is 0 Å². The van der Waals surface area contributed by atoms with Gasteiger partial charge in [0.1, 0.15) is 5.82 Å². The van der Waals surface area contributed by atoms with E-state index in [9.17, 15) is 0 Å². The van der Waals surface area contributed by atoms with Crippen molar-refractivity contribution in [3.63, 3.8) is 0 Å². The smallest absolute Gasteiger partial charge is 0.133 e. The lowest BCUT2D eigenvalue weighted by Gasteiger charge is -2.43. The van der Waals surface area contributed by atoms with Crippen LogP contribution < -0.4 is 10.2 Å². The lowest BCUT2D eigenvalue weighted by molar-refractivity contribution is 0.202. The van der Waals surface area contributed by atoms with E-state index in [1.165, 1.54) is 42.9 Å². The zero-order chi connectivity index (χ0) is 15.0. The number of aryl methyl sites for hydroxylation is 2. The van der Waals surface area contributed by atoms with Crippen LogP contribution in [-0.2, 0) is 6.54 Å². The number of aromatic nitrogens is 1. The summed E-state index contributed by atoms with van der Waals surface area (Å²) in [6.45, 7) is 11.2. The monoisotopic (exact) mass is 288 g/mol. The van der Waals surface area contributed by atoms with Crippen LogP contribution in [0.5, 0.6) is 0 Å². The molecule has 2 fully saturated rings. The zero-order valence-corrected chi connectivity index (χ0v) is 13.8. The Balaban J connectivity index is 1.94. The summed E-state index contributed by atoms with van der Waals surface area (Å²) < 4.78 is 0. The standard InChI is InChI=1S/C17H28N4/c1-12-8-13(2)19-17(16(12)9-18-4)21-11-15-6-5-7-20(15)10-14(21)3/h8,14-15,18H,5-7,9-11H2,1-4H3. The van der Waals surface area contributed by atoms with Gasteiger partial charge in [-0.25, -0.2) is 4.98 Å². The molecule has 2 atom stereocenters. The Morgan fingerprint density at radius 1 is 1.33 bits per heavy atom. The molecule has 116 valence electrons. The van der Waals surface area contributed by atoms with Crippen LogP contribution in [0.15, 0.2) is 6.07 Å². The second-order valence-electron chi connectivity index (χ2n) is 6.71. The topological polar surface area (TPSA) is 31.4 Å². The van der Waals surface area contributed by atoms with Crippen molar-refractivity contribution >= 4 is 5.82 Å².